The molecule has 0 aromatic heterocycles. The highest BCUT2D eigenvalue weighted by molar-refractivity contribution is 5.61. The summed E-state index contributed by atoms with van der Waals surface area (Å²) < 4.78 is 5.82. The molecule has 0 spiro atoms. The molecule has 2 aromatic rings. The van der Waals surface area contributed by atoms with E-state index in [1.807, 2.05) is 18.2 Å². The molecule has 0 saturated heterocycles. The molecule has 19 heavy (non-hydrogen) atoms. The Hall–Kier alpha value is -2.16. The van der Waals surface area contributed by atoms with E-state index in [0.29, 0.717) is 17.1 Å². The van der Waals surface area contributed by atoms with Crippen LogP contribution < -0.4 is 16.2 Å². The topological polar surface area (TPSA) is 61.3 Å². The fraction of sp³-hybridized carbons (Fsp3) is 0.250. The van der Waals surface area contributed by atoms with Crippen molar-refractivity contribution in [3.8, 4) is 11.5 Å². The fourth-order valence-electron chi connectivity index (χ4n) is 1.81. The maximum atomic E-state index is 5.89. The molecule has 0 aliphatic rings. The van der Waals surface area contributed by atoms with Crippen LogP contribution in [0.4, 0.5) is 11.4 Å². The highest BCUT2D eigenvalue weighted by atomic mass is 16.5. The molecule has 0 bridgehead atoms. The number of hydrogen-bond donors (Lipinski definition) is 2. The first-order valence-corrected chi connectivity index (χ1v) is 6.29. The molecule has 0 aliphatic carbocycles. The molecule has 0 fully saturated rings. The van der Waals surface area contributed by atoms with Gasteiger partial charge in [-0.05, 0) is 41.3 Å². The highest BCUT2D eigenvalue weighted by Crippen LogP contribution is 2.31. The first kappa shape index (κ1) is 13.3. The number of rotatable bonds is 2. The third-order valence-electron chi connectivity index (χ3n) is 2.96. The molecule has 100 valence electrons. The molecule has 0 amide bonds. The number of nitrogen functional groups attached to an aromatic ring is 2. The van der Waals surface area contributed by atoms with Crippen LogP contribution in [0.2, 0.25) is 0 Å². The van der Waals surface area contributed by atoms with Crippen molar-refractivity contribution < 1.29 is 4.74 Å². The van der Waals surface area contributed by atoms with E-state index in [0.717, 1.165) is 5.75 Å². The summed E-state index contributed by atoms with van der Waals surface area (Å²) in [6.45, 7) is 6.51. The molecular weight excluding hydrogens is 236 g/mol. The van der Waals surface area contributed by atoms with Crippen molar-refractivity contribution in [2.24, 2.45) is 0 Å². The third kappa shape index (κ3) is 3.19. The van der Waals surface area contributed by atoms with E-state index in [2.05, 4.69) is 26.8 Å². The van der Waals surface area contributed by atoms with Crippen molar-refractivity contribution in [3.63, 3.8) is 0 Å². The largest absolute Gasteiger partial charge is 0.455 e. The zero-order chi connectivity index (χ0) is 14.0. The SMILES string of the molecule is CC(C)(C)c1cccc(Oc2ccc(N)cc2N)c1. The average Bonchev–Trinajstić information content (AvgIpc) is 2.32. The molecule has 2 rings (SSSR count). The van der Waals surface area contributed by atoms with E-state index in [9.17, 15) is 0 Å². The average molecular weight is 256 g/mol. The lowest BCUT2D eigenvalue weighted by molar-refractivity contribution is 0.481. The predicted octanol–water partition coefficient (Wildman–Crippen LogP) is 3.94. The second-order valence-electron chi connectivity index (χ2n) is 5.68. The van der Waals surface area contributed by atoms with Crippen molar-refractivity contribution in [2.45, 2.75) is 26.2 Å². The summed E-state index contributed by atoms with van der Waals surface area (Å²) in [5, 5.41) is 0. The van der Waals surface area contributed by atoms with Crippen molar-refractivity contribution in [1.29, 1.82) is 0 Å². The highest BCUT2D eigenvalue weighted by Gasteiger charge is 2.14. The van der Waals surface area contributed by atoms with Gasteiger partial charge in [0.05, 0.1) is 5.69 Å². The number of hydrogen-bond acceptors (Lipinski definition) is 3. The molecule has 3 heteroatoms. The Morgan fingerprint density at radius 1 is 0.947 bits per heavy atom. The Labute approximate surface area is 114 Å². The summed E-state index contributed by atoms with van der Waals surface area (Å²) in [6.07, 6.45) is 0. The lowest BCUT2D eigenvalue weighted by atomic mass is 9.87. The molecule has 4 N–H and O–H groups in total. The van der Waals surface area contributed by atoms with Crippen LogP contribution in [0, 0.1) is 0 Å². The lowest BCUT2D eigenvalue weighted by Crippen LogP contribution is -2.10. The van der Waals surface area contributed by atoms with E-state index < -0.39 is 0 Å². The minimum Gasteiger partial charge on any atom is -0.455 e. The Balaban J connectivity index is 2.29. The van der Waals surface area contributed by atoms with Crippen LogP contribution in [-0.4, -0.2) is 0 Å². The number of ether oxygens (including phenoxy) is 1. The van der Waals surface area contributed by atoms with Gasteiger partial charge in [-0.15, -0.1) is 0 Å². The van der Waals surface area contributed by atoms with Gasteiger partial charge in [-0.25, -0.2) is 0 Å². The molecule has 0 heterocycles. The summed E-state index contributed by atoms with van der Waals surface area (Å²) in [4.78, 5) is 0. The van der Waals surface area contributed by atoms with Gasteiger partial charge >= 0.3 is 0 Å². The summed E-state index contributed by atoms with van der Waals surface area (Å²) in [6, 6.07) is 13.3. The Morgan fingerprint density at radius 2 is 1.68 bits per heavy atom. The van der Waals surface area contributed by atoms with Crippen LogP contribution in [0.3, 0.4) is 0 Å². The monoisotopic (exact) mass is 256 g/mol. The minimum absolute atomic E-state index is 0.0893. The second kappa shape index (κ2) is 4.84. The number of nitrogens with two attached hydrogens (primary N) is 2. The fourth-order valence-corrected chi connectivity index (χ4v) is 1.81. The zero-order valence-electron chi connectivity index (χ0n) is 11.6. The second-order valence-corrected chi connectivity index (χ2v) is 5.68. The van der Waals surface area contributed by atoms with Crippen LogP contribution in [0.1, 0.15) is 26.3 Å². The molecule has 0 atom stereocenters. The smallest absolute Gasteiger partial charge is 0.150 e. The predicted molar refractivity (Wildman–Crippen MR) is 80.5 cm³/mol. The Kier molecular flexibility index (Phi) is 3.38. The van der Waals surface area contributed by atoms with Gasteiger partial charge in [0.25, 0.3) is 0 Å². The molecule has 0 unspecified atom stereocenters. The summed E-state index contributed by atoms with van der Waals surface area (Å²) in [7, 11) is 0. The van der Waals surface area contributed by atoms with Gasteiger partial charge in [0.2, 0.25) is 0 Å². The Morgan fingerprint density at radius 3 is 2.32 bits per heavy atom. The van der Waals surface area contributed by atoms with E-state index in [-0.39, 0.29) is 5.41 Å². The van der Waals surface area contributed by atoms with Gasteiger partial charge in [-0.2, -0.15) is 0 Å². The van der Waals surface area contributed by atoms with E-state index in [1.165, 1.54) is 5.56 Å². The van der Waals surface area contributed by atoms with E-state index in [1.54, 1.807) is 18.2 Å². The maximum Gasteiger partial charge on any atom is 0.150 e. The van der Waals surface area contributed by atoms with Crippen LogP contribution in [-0.2, 0) is 5.41 Å². The molecule has 0 aliphatic heterocycles. The molecule has 0 saturated carbocycles. The van der Waals surface area contributed by atoms with Crippen LogP contribution in [0.25, 0.3) is 0 Å². The standard InChI is InChI=1S/C16H20N2O/c1-16(2,3)11-5-4-6-13(9-11)19-15-8-7-12(17)10-14(15)18/h4-10H,17-18H2,1-3H3. The van der Waals surface area contributed by atoms with Crippen LogP contribution >= 0.6 is 0 Å². The normalized spacial score (nSPS) is 11.3. The first-order chi connectivity index (χ1) is 8.86. The van der Waals surface area contributed by atoms with Gasteiger partial charge in [0.1, 0.15) is 11.5 Å². The van der Waals surface area contributed by atoms with Gasteiger partial charge in [-0.1, -0.05) is 32.9 Å². The van der Waals surface area contributed by atoms with Gasteiger partial charge in [0, 0.05) is 5.69 Å². The third-order valence-corrected chi connectivity index (χ3v) is 2.96. The van der Waals surface area contributed by atoms with E-state index in [4.69, 9.17) is 16.2 Å². The van der Waals surface area contributed by atoms with Crippen LogP contribution in [0.15, 0.2) is 42.5 Å². The van der Waals surface area contributed by atoms with E-state index >= 15 is 0 Å². The number of benzene rings is 2. The lowest BCUT2D eigenvalue weighted by Gasteiger charge is -2.20. The van der Waals surface area contributed by atoms with Crippen molar-refractivity contribution in [3.05, 3.63) is 48.0 Å². The molecule has 0 radical (unpaired) electrons. The van der Waals surface area contributed by atoms with Gasteiger partial charge in [-0.3, -0.25) is 0 Å². The summed E-state index contributed by atoms with van der Waals surface area (Å²) >= 11 is 0. The molecule has 3 nitrogen and oxygen atoms in total. The number of anilines is 2. The summed E-state index contributed by atoms with van der Waals surface area (Å²) in [5.74, 6) is 1.41. The van der Waals surface area contributed by atoms with Crippen molar-refractivity contribution >= 4 is 11.4 Å². The van der Waals surface area contributed by atoms with Gasteiger partial charge in [0.15, 0.2) is 0 Å². The molecule has 2 aromatic carbocycles. The quantitative estimate of drug-likeness (QED) is 0.800. The Bertz CT molecular complexity index is 586. The minimum atomic E-state index is 0.0893. The van der Waals surface area contributed by atoms with Crippen LogP contribution in [0.5, 0.6) is 11.5 Å². The zero-order valence-corrected chi connectivity index (χ0v) is 11.6. The van der Waals surface area contributed by atoms with Gasteiger partial charge < -0.3 is 16.2 Å². The molecular formula is C16H20N2O. The first-order valence-electron chi connectivity index (χ1n) is 6.29. The summed E-state index contributed by atoms with van der Waals surface area (Å²) in [5.41, 5.74) is 14.0. The van der Waals surface area contributed by atoms with Crippen molar-refractivity contribution in [2.75, 3.05) is 11.5 Å². The van der Waals surface area contributed by atoms with Crippen molar-refractivity contribution in [1.82, 2.24) is 0 Å². The maximum absolute atomic E-state index is 5.89.